The van der Waals surface area contributed by atoms with E-state index in [0.29, 0.717) is 12.1 Å². The molecule has 0 aliphatic rings. The number of allylic oxidation sites excluding steroid dienone is 1. The van der Waals surface area contributed by atoms with E-state index in [9.17, 15) is 4.79 Å². The number of carbonyl (C=O) groups is 1. The molecule has 0 radical (unpaired) electrons. The van der Waals surface area contributed by atoms with Crippen molar-refractivity contribution < 1.29 is 4.79 Å². The molecule has 0 atom stereocenters. The molecule has 0 saturated carbocycles. The van der Waals surface area contributed by atoms with Crippen LogP contribution in [0.15, 0.2) is 24.3 Å². The molecule has 1 amide bonds. The summed E-state index contributed by atoms with van der Waals surface area (Å²) in [6.45, 7) is 8.10. The molecule has 2 heteroatoms. The molecule has 0 heterocycles. The Hall–Kier alpha value is -1.05. The Morgan fingerprint density at radius 2 is 2.18 bits per heavy atom. The maximum absolute atomic E-state index is 11.1. The minimum Gasteiger partial charge on any atom is -0.352 e. The Kier molecular flexibility index (Phi) is 5.17. The van der Waals surface area contributed by atoms with Crippen LogP contribution >= 0.6 is 0 Å². The summed E-state index contributed by atoms with van der Waals surface area (Å²) in [6.07, 6.45) is 4.30. The summed E-state index contributed by atoms with van der Waals surface area (Å²) in [4.78, 5) is 11.1. The first-order valence-electron chi connectivity index (χ1n) is 3.87. The smallest absolute Gasteiger partial charge is 0.250 e. The molecule has 0 rings (SSSR count). The van der Waals surface area contributed by atoms with Crippen LogP contribution < -0.4 is 5.32 Å². The van der Waals surface area contributed by atoms with Crippen molar-refractivity contribution in [2.75, 3.05) is 6.54 Å². The summed E-state index contributed by atoms with van der Waals surface area (Å²) >= 11 is 0. The van der Waals surface area contributed by atoms with Crippen LogP contribution in [0.1, 0.15) is 20.3 Å². The molecule has 0 fully saturated rings. The highest BCUT2D eigenvalue weighted by Gasteiger charge is 2.01. The molecule has 2 nitrogen and oxygen atoms in total. The van der Waals surface area contributed by atoms with Gasteiger partial charge in [0.2, 0.25) is 0 Å². The van der Waals surface area contributed by atoms with Gasteiger partial charge in [0.25, 0.3) is 5.91 Å². The van der Waals surface area contributed by atoms with Gasteiger partial charge in [0.1, 0.15) is 0 Å². The molecular weight excluding hydrogens is 138 g/mol. The van der Waals surface area contributed by atoms with Crippen molar-refractivity contribution in [2.45, 2.75) is 20.3 Å². The second kappa shape index (κ2) is 5.71. The van der Waals surface area contributed by atoms with E-state index in [-0.39, 0.29) is 5.91 Å². The van der Waals surface area contributed by atoms with Crippen molar-refractivity contribution in [3.63, 3.8) is 0 Å². The highest BCUT2D eigenvalue weighted by Crippen LogP contribution is 1.97. The number of hydrogen-bond acceptors (Lipinski definition) is 1. The van der Waals surface area contributed by atoms with Crippen LogP contribution in [-0.4, -0.2) is 12.5 Å². The molecular formula is C9H15NO. The first-order chi connectivity index (χ1) is 5.26. The molecule has 0 aromatic carbocycles. The number of nitrogens with one attached hydrogen (secondary N) is 1. The number of carbonyl (C=O) groups excluding carboxylic acids is 1. The van der Waals surface area contributed by atoms with Gasteiger partial charge in [0.05, 0.1) is 0 Å². The van der Waals surface area contributed by atoms with Gasteiger partial charge >= 0.3 is 0 Å². The summed E-state index contributed by atoms with van der Waals surface area (Å²) in [7, 11) is 0. The summed E-state index contributed by atoms with van der Waals surface area (Å²) in [5.74, 6) is -0.0376. The topological polar surface area (TPSA) is 29.1 Å². The maximum atomic E-state index is 11.1. The third-order valence-electron chi connectivity index (χ3n) is 1.24. The number of hydrogen-bond donors (Lipinski definition) is 1. The zero-order valence-electron chi connectivity index (χ0n) is 7.18. The standard InChI is InChI=1S/C9H15NO/c1-4-7-8(5-2)9(11)10-6-3/h5,7H,2,4,6H2,1,3H3,(H,10,11)/b8-7+. The van der Waals surface area contributed by atoms with Gasteiger partial charge in [0, 0.05) is 12.1 Å². The Morgan fingerprint density at radius 3 is 2.55 bits per heavy atom. The fourth-order valence-electron chi connectivity index (χ4n) is 0.751. The highest BCUT2D eigenvalue weighted by atomic mass is 16.1. The van der Waals surface area contributed by atoms with Gasteiger partial charge in [-0.3, -0.25) is 4.79 Å². The average molecular weight is 153 g/mol. The molecule has 11 heavy (non-hydrogen) atoms. The van der Waals surface area contributed by atoms with Crippen molar-refractivity contribution in [3.05, 3.63) is 24.3 Å². The summed E-state index contributed by atoms with van der Waals surface area (Å²) in [6, 6.07) is 0. The van der Waals surface area contributed by atoms with Gasteiger partial charge in [0.15, 0.2) is 0 Å². The summed E-state index contributed by atoms with van der Waals surface area (Å²) in [5.41, 5.74) is 0.661. The Morgan fingerprint density at radius 1 is 1.55 bits per heavy atom. The van der Waals surface area contributed by atoms with Crippen LogP contribution in [0, 0.1) is 0 Å². The monoisotopic (exact) mass is 153 g/mol. The summed E-state index contributed by atoms with van der Waals surface area (Å²) in [5, 5.41) is 2.70. The molecule has 0 unspecified atom stereocenters. The van der Waals surface area contributed by atoms with E-state index < -0.39 is 0 Å². The zero-order chi connectivity index (χ0) is 8.69. The Balaban J connectivity index is 4.14. The first kappa shape index (κ1) is 9.95. The molecule has 0 aliphatic carbocycles. The summed E-state index contributed by atoms with van der Waals surface area (Å²) < 4.78 is 0. The Labute approximate surface area is 68.0 Å². The Bertz CT molecular complexity index is 170. The van der Waals surface area contributed by atoms with E-state index in [1.165, 1.54) is 0 Å². The van der Waals surface area contributed by atoms with Gasteiger partial charge < -0.3 is 5.32 Å². The third kappa shape index (κ3) is 3.61. The van der Waals surface area contributed by atoms with E-state index >= 15 is 0 Å². The van der Waals surface area contributed by atoms with Crippen LogP contribution in [0.4, 0.5) is 0 Å². The quantitative estimate of drug-likeness (QED) is 0.483. The van der Waals surface area contributed by atoms with Crippen LogP contribution in [-0.2, 0) is 4.79 Å². The lowest BCUT2D eigenvalue weighted by Gasteiger charge is -2.00. The van der Waals surface area contributed by atoms with Crippen LogP contribution in [0.25, 0.3) is 0 Å². The van der Waals surface area contributed by atoms with Crippen LogP contribution in [0.3, 0.4) is 0 Å². The minimum absolute atomic E-state index is 0.0376. The molecule has 0 bridgehead atoms. The van der Waals surface area contributed by atoms with Crippen molar-refractivity contribution >= 4 is 5.91 Å². The van der Waals surface area contributed by atoms with Gasteiger partial charge in [-0.25, -0.2) is 0 Å². The SMILES string of the molecule is C=C/C(=C\CC)C(=O)NCC. The molecule has 62 valence electrons. The van der Waals surface area contributed by atoms with Crippen LogP contribution in [0.5, 0.6) is 0 Å². The van der Waals surface area contributed by atoms with Crippen molar-refractivity contribution in [1.29, 1.82) is 0 Å². The lowest BCUT2D eigenvalue weighted by molar-refractivity contribution is -0.117. The minimum atomic E-state index is -0.0376. The van der Waals surface area contributed by atoms with Crippen molar-refractivity contribution in [2.24, 2.45) is 0 Å². The normalized spacial score (nSPS) is 10.9. The van der Waals surface area contributed by atoms with E-state index in [0.717, 1.165) is 6.42 Å². The molecule has 0 saturated heterocycles. The third-order valence-corrected chi connectivity index (χ3v) is 1.24. The maximum Gasteiger partial charge on any atom is 0.250 e. The number of amides is 1. The predicted octanol–water partition coefficient (Wildman–Crippen LogP) is 1.64. The van der Waals surface area contributed by atoms with Crippen molar-refractivity contribution in [1.82, 2.24) is 5.32 Å². The molecule has 0 spiro atoms. The van der Waals surface area contributed by atoms with Crippen LogP contribution in [0.2, 0.25) is 0 Å². The molecule has 0 aliphatic heterocycles. The largest absolute Gasteiger partial charge is 0.352 e. The average Bonchev–Trinajstić information content (AvgIpc) is 2.00. The van der Waals surface area contributed by atoms with E-state index in [1.807, 2.05) is 19.9 Å². The lowest BCUT2D eigenvalue weighted by Crippen LogP contribution is -2.23. The van der Waals surface area contributed by atoms with E-state index in [2.05, 4.69) is 11.9 Å². The molecule has 0 aromatic rings. The predicted molar refractivity (Wildman–Crippen MR) is 47.3 cm³/mol. The number of likely N-dealkylation sites (N-methyl/N-ethyl adjacent to an activating group) is 1. The fraction of sp³-hybridized carbons (Fsp3) is 0.444. The number of rotatable bonds is 4. The van der Waals surface area contributed by atoms with E-state index in [4.69, 9.17) is 0 Å². The van der Waals surface area contributed by atoms with Gasteiger partial charge in [-0.05, 0) is 13.3 Å². The highest BCUT2D eigenvalue weighted by molar-refractivity contribution is 5.95. The van der Waals surface area contributed by atoms with Gasteiger partial charge in [-0.2, -0.15) is 0 Å². The molecule has 1 N–H and O–H groups in total. The van der Waals surface area contributed by atoms with Gasteiger partial charge in [-0.1, -0.05) is 25.7 Å². The fourth-order valence-corrected chi connectivity index (χ4v) is 0.751. The van der Waals surface area contributed by atoms with Crippen molar-refractivity contribution in [3.8, 4) is 0 Å². The second-order valence-corrected chi connectivity index (χ2v) is 2.13. The van der Waals surface area contributed by atoms with Gasteiger partial charge in [-0.15, -0.1) is 0 Å². The van der Waals surface area contributed by atoms with E-state index in [1.54, 1.807) is 6.08 Å². The zero-order valence-corrected chi connectivity index (χ0v) is 7.18. The lowest BCUT2D eigenvalue weighted by atomic mass is 10.2. The molecule has 0 aromatic heterocycles. The first-order valence-corrected chi connectivity index (χ1v) is 3.87. The second-order valence-electron chi connectivity index (χ2n) is 2.13.